The van der Waals surface area contributed by atoms with Crippen LogP contribution in [0.2, 0.25) is 11.6 Å². The minimum absolute atomic E-state index is 0.0218. The van der Waals surface area contributed by atoms with Crippen LogP contribution in [0, 0.1) is 0 Å². The average molecular weight is 322 g/mol. The van der Waals surface area contributed by atoms with Crippen molar-refractivity contribution in [3.8, 4) is 0 Å². The molecule has 0 fully saturated rings. The molecule has 0 heterocycles. The number of rotatable bonds is 7. The lowest BCUT2D eigenvalue weighted by molar-refractivity contribution is -0.140. The van der Waals surface area contributed by atoms with Crippen molar-refractivity contribution in [2.24, 2.45) is 0 Å². The zero-order valence-electron chi connectivity index (χ0n) is 13.6. The molecule has 0 spiro atoms. The van der Waals surface area contributed by atoms with Gasteiger partial charge < -0.3 is 15.2 Å². The monoisotopic (exact) mass is 322 g/mol. The first-order valence-electron chi connectivity index (χ1n) is 7.21. The van der Waals surface area contributed by atoms with E-state index in [1.165, 1.54) is 0 Å². The fourth-order valence-corrected chi connectivity index (χ4v) is 2.41. The van der Waals surface area contributed by atoms with Gasteiger partial charge in [-0.15, -0.1) is 0 Å². The van der Waals surface area contributed by atoms with Gasteiger partial charge >= 0.3 is 14.8 Å². The second-order valence-corrected chi connectivity index (χ2v) is 9.63. The fraction of sp³-hybridized carbons (Fsp3) is 0.500. The number of benzene rings is 1. The molecule has 1 rings (SSSR count). The van der Waals surface area contributed by atoms with E-state index >= 15 is 0 Å². The Morgan fingerprint density at radius 2 is 1.86 bits per heavy atom. The molecule has 6 heteroatoms. The number of aliphatic carboxylic acids is 1. The molecule has 1 amide bonds. The Kier molecular flexibility index (Phi) is 6.77. The smallest absolute Gasteiger partial charge is 0.345 e. The highest BCUT2D eigenvalue weighted by molar-refractivity contribution is 6.60. The van der Waals surface area contributed by atoms with Crippen LogP contribution >= 0.6 is 0 Å². The summed E-state index contributed by atoms with van der Waals surface area (Å²) in [5.41, 5.74) is 0.434. The highest BCUT2D eigenvalue weighted by Crippen LogP contribution is 2.26. The molecule has 0 saturated carbocycles. The Labute approximate surface area is 133 Å². The Morgan fingerprint density at radius 1 is 1.27 bits per heavy atom. The first-order chi connectivity index (χ1) is 10.2. The van der Waals surface area contributed by atoms with Crippen LogP contribution in [0.5, 0.6) is 0 Å². The maximum Gasteiger partial charge on any atom is 0.345 e. The lowest BCUT2D eigenvalue weighted by Crippen LogP contribution is -2.44. The molecule has 22 heavy (non-hydrogen) atoms. The molecule has 0 aliphatic heterocycles. The SMILES string of the molecule is C[Si+](COC[C@H](NC(=O)c1ccccc1)C(=O)O)C(C)(C)C. The van der Waals surface area contributed by atoms with Gasteiger partial charge in [0.15, 0.2) is 12.3 Å². The topological polar surface area (TPSA) is 75.6 Å². The summed E-state index contributed by atoms with van der Waals surface area (Å²) in [5, 5.41) is 11.9. The highest BCUT2D eigenvalue weighted by atomic mass is 28.3. The van der Waals surface area contributed by atoms with E-state index in [-0.39, 0.29) is 11.6 Å². The molecular formula is C16H24NO4Si+. The second-order valence-electron chi connectivity index (χ2n) is 6.28. The van der Waals surface area contributed by atoms with E-state index in [0.29, 0.717) is 11.8 Å². The summed E-state index contributed by atoms with van der Waals surface area (Å²) in [6, 6.07) is 7.50. The number of hydrogen-bond acceptors (Lipinski definition) is 3. The van der Waals surface area contributed by atoms with Gasteiger partial charge in [0, 0.05) is 5.56 Å². The average Bonchev–Trinajstić information content (AvgIpc) is 2.45. The largest absolute Gasteiger partial charge is 0.480 e. The van der Waals surface area contributed by atoms with E-state index in [2.05, 4.69) is 32.6 Å². The highest BCUT2D eigenvalue weighted by Gasteiger charge is 2.36. The van der Waals surface area contributed by atoms with Crippen molar-refractivity contribution >= 4 is 20.7 Å². The van der Waals surface area contributed by atoms with Gasteiger partial charge in [-0.25, -0.2) is 4.79 Å². The number of carbonyl (C=O) groups excluding carboxylic acids is 1. The molecule has 0 aromatic heterocycles. The second kappa shape index (κ2) is 8.10. The fourth-order valence-electron chi connectivity index (χ4n) is 1.55. The number of hydrogen-bond donors (Lipinski definition) is 2. The van der Waals surface area contributed by atoms with Gasteiger partial charge in [0.25, 0.3) is 5.91 Å². The lowest BCUT2D eigenvalue weighted by Gasteiger charge is -2.16. The number of carbonyl (C=O) groups is 2. The molecule has 0 unspecified atom stereocenters. The number of carboxylic acid groups (broad SMARTS) is 1. The minimum atomic E-state index is -1.09. The lowest BCUT2D eigenvalue weighted by atomic mass is 10.2. The zero-order chi connectivity index (χ0) is 16.8. The van der Waals surface area contributed by atoms with Crippen molar-refractivity contribution in [1.82, 2.24) is 5.32 Å². The van der Waals surface area contributed by atoms with Gasteiger partial charge in [-0.05, 0) is 32.9 Å². The third-order valence-electron chi connectivity index (χ3n) is 3.52. The summed E-state index contributed by atoms with van der Waals surface area (Å²) in [7, 11) is -0.734. The van der Waals surface area contributed by atoms with E-state index in [1.807, 2.05) is 0 Å². The summed E-state index contributed by atoms with van der Waals surface area (Å²) >= 11 is 0. The summed E-state index contributed by atoms with van der Waals surface area (Å²) in [6.45, 7) is 8.58. The van der Waals surface area contributed by atoms with Crippen molar-refractivity contribution in [1.29, 1.82) is 0 Å². The van der Waals surface area contributed by atoms with Crippen LogP contribution in [-0.2, 0) is 9.53 Å². The van der Waals surface area contributed by atoms with Gasteiger partial charge in [0.1, 0.15) is 0 Å². The van der Waals surface area contributed by atoms with Crippen molar-refractivity contribution in [2.45, 2.75) is 38.4 Å². The predicted octanol–water partition coefficient (Wildman–Crippen LogP) is 2.35. The molecule has 0 radical (unpaired) electrons. The van der Waals surface area contributed by atoms with Crippen molar-refractivity contribution < 1.29 is 19.4 Å². The molecule has 2 N–H and O–H groups in total. The maximum atomic E-state index is 12.0. The Morgan fingerprint density at radius 3 is 2.36 bits per heavy atom. The maximum absolute atomic E-state index is 12.0. The Bertz CT molecular complexity index is 499. The first kappa shape index (κ1) is 18.4. The van der Waals surface area contributed by atoms with Crippen LogP contribution < -0.4 is 5.32 Å². The van der Waals surface area contributed by atoms with Crippen LogP contribution in [0.25, 0.3) is 0 Å². The van der Waals surface area contributed by atoms with Gasteiger partial charge in [-0.2, -0.15) is 0 Å². The van der Waals surface area contributed by atoms with Gasteiger partial charge in [-0.1, -0.05) is 18.2 Å². The van der Waals surface area contributed by atoms with Crippen LogP contribution in [0.3, 0.4) is 0 Å². The summed E-state index contributed by atoms with van der Waals surface area (Å²) < 4.78 is 5.53. The van der Waals surface area contributed by atoms with Crippen LogP contribution in [-0.4, -0.2) is 44.7 Å². The van der Waals surface area contributed by atoms with E-state index in [1.54, 1.807) is 30.3 Å². The van der Waals surface area contributed by atoms with E-state index in [9.17, 15) is 14.7 Å². The number of amides is 1. The summed E-state index contributed by atoms with van der Waals surface area (Å²) in [5.74, 6) is -1.50. The first-order valence-corrected chi connectivity index (χ1v) is 9.42. The Balaban J connectivity index is 2.53. The van der Waals surface area contributed by atoms with Crippen LogP contribution in [0.4, 0.5) is 0 Å². The number of carboxylic acids is 1. The molecule has 0 bridgehead atoms. The summed E-state index contributed by atoms with van der Waals surface area (Å²) in [6.07, 6.45) is 0.555. The molecule has 0 saturated heterocycles. The molecule has 1 aromatic carbocycles. The minimum Gasteiger partial charge on any atom is -0.480 e. The normalized spacial score (nSPS) is 12.5. The third kappa shape index (κ3) is 5.99. The van der Waals surface area contributed by atoms with E-state index in [0.717, 1.165) is 0 Å². The van der Waals surface area contributed by atoms with Crippen molar-refractivity contribution in [3.05, 3.63) is 35.9 Å². The number of nitrogens with one attached hydrogen (secondary N) is 1. The molecule has 1 aromatic rings. The van der Waals surface area contributed by atoms with Crippen LogP contribution in [0.15, 0.2) is 30.3 Å². The van der Waals surface area contributed by atoms with Crippen molar-refractivity contribution in [2.75, 3.05) is 12.8 Å². The standard InChI is InChI=1S/C16H23NO4Si/c1-16(2,3)22(4)11-21-10-13(15(19)20)17-14(18)12-8-6-5-7-9-12/h5-9,13H,10-11H2,1-4H3,(H-,17,18,19,20)/p+1/t13-/m0/s1. The van der Waals surface area contributed by atoms with Crippen LogP contribution in [0.1, 0.15) is 31.1 Å². The Hall–Kier alpha value is -1.66. The van der Waals surface area contributed by atoms with Crippen molar-refractivity contribution in [3.63, 3.8) is 0 Å². The van der Waals surface area contributed by atoms with E-state index in [4.69, 9.17) is 4.74 Å². The van der Waals surface area contributed by atoms with Gasteiger partial charge in [0.05, 0.1) is 18.2 Å². The quantitative estimate of drug-likeness (QED) is 0.756. The molecule has 1 atom stereocenters. The third-order valence-corrected chi connectivity index (χ3v) is 6.72. The molecule has 120 valence electrons. The van der Waals surface area contributed by atoms with Gasteiger partial charge in [-0.3, -0.25) is 4.79 Å². The zero-order valence-corrected chi connectivity index (χ0v) is 14.6. The molecule has 5 nitrogen and oxygen atoms in total. The van der Waals surface area contributed by atoms with E-state index < -0.39 is 26.7 Å². The molecule has 0 aliphatic carbocycles. The molecular weight excluding hydrogens is 298 g/mol. The van der Waals surface area contributed by atoms with Gasteiger partial charge in [0.2, 0.25) is 0 Å². The summed E-state index contributed by atoms with van der Waals surface area (Å²) in [4.78, 5) is 23.2. The molecule has 0 aliphatic rings. The number of ether oxygens (including phenoxy) is 1. The predicted molar refractivity (Wildman–Crippen MR) is 87.5 cm³/mol.